The van der Waals surface area contributed by atoms with Crippen molar-refractivity contribution in [3.63, 3.8) is 0 Å². The van der Waals surface area contributed by atoms with Crippen molar-refractivity contribution in [3.05, 3.63) is 23.3 Å². The highest BCUT2D eigenvalue weighted by Crippen LogP contribution is 2.19. The fraction of sp³-hybridized carbons (Fsp3) is 0.750. The molecule has 0 aromatic carbocycles. The van der Waals surface area contributed by atoms with Gasteiger partial charge in [-0.3, -0.25) is 0 Å². The maximum absolute atomic E-state index is 4.80. The minimum absolute atomic E-state index is 0.546. The number of aromatic nitrogens is 3. The average molecular weight is 359 g/mol. The quantitative estimate of drug-likeness (QED) is 0.465. The van der Waals surface area contributed by atoms with Crippen LogP contribution in [0.3, 0.4) is 0 Å². The SMILES string of the molecule is Cc1nnc(CN=C(NCCC2=CCCCC2)NC2CCCCC2)n1C. The van der Waals surface area contributed by atoms with Gasteiger partial charge in [0.05, 0.1) is 0 Å². The van der Waals surface area contributed by atoms with Crippen LogP contribution in [0, 0.1) is 6.92 Å². The van der Waals surface area contributed by atoms with Crippen LogP contribution in [0.25, 0.3) is 0 Å². The van der Waals surface area contributed by atoms with Gasteiger partial charge in [-0.05, 0) is 51.9 Å². The summed E-state index contributed by atoms with van der Waals surface area (Å²) in [6.07, 6.45) is 15.3. The van der Waals surface area contributed by atoms with Gasteiger partial charge in [0, 0.05) is 19.6 Å². The summed E-state index contributed by atoms with van der Waals surface area (Å²) in [6, 6.07) is 0.546. The molecule has 0 bridgehead atoms. The van der Waals surface area contributed by atoms with E-state index < -0.39 is 0 Å². The summed E-state index contributed by atoms with van der Waals surface area (Å²) in [7, 11) is 2.00. The van der Waals surface area contributed by atoms with Gasteiger partial charge in [0.15, 0.2) is 11.8 Å². The Morgan fingerprint density at radius 1 is 1.19 bits per heavy atom. The van der Waals surface area contributed by atoms with E-state index in [0.717, 1.165) is 30.6 Å². The zero-order valence-electron chi connectivity index (χ0n) is 16.4. The highest BCUT2D eigenvalue weighted by molar-refractivity contribution is 5.80. The number of hydrogen-bond donors (Lipinski definition) is 2. The second-order valence-corrected chi connectivity index (χ2v) is 7.65. The van der Waals surface area contributed by atoms with Crippen molar-refractivity contribution >= 4 is 5.96 Å². The molecule has 0 atom stereocenters. The van der Waals surface area contributed by atoms with Crippen molar-refractivity contribution in [1.82, 2.24) is 25.4 Å². The number of aliphatic imine (C=N–C) groups is 1. The van der Waals surface area contributed by atoms with Gasteiger partial charge in [0.25, 0.3) is 0 Å². The molecule has 1 aromatic rings. The van der Waals surface area contributed by atoms with Crippen LogP contribution >= 0.6 is 0 Å². The fourth-order valence-electron chi connectivity index (χ4n) is 3.80. The van der Waals surface area contributed by atoms with E-state index >= 15 is 0 Å². The van der Waals surface area contributed by atoms with Gasteiger partial charge in [0.1, 0.15) is 12.4 Å². The molecule has 0 aliphatic heterocycles. The van der Waals surface area contributed by atoms with Gasteiger partial charge in [-0.2, -0.15) is 0 Å². The van der Waals surface area contributed by atoms with Crippen LogP contribution in [0.1, 0.15) is 75.9 Å². The van der Waals surface area contributed by atoms with Gasteiger partial charge in [0.2, 0.25) is 0 Å². The first-order chi connectivity index (χ1) is 12.7. The molecule has 0 amide bonds. The number of hydrogen-bond acceptors (Lipinski definition) is 3. The Kier molecular flexibility index (Phi) is 7.09. The summed E-state index contributed by atoms with van der Waals surface area (Å²) in [6.45, 7) is 3.47. The van der Waals surface area contributed by atoms with Gasteiger partial charge < -0.3 is 15.2 Å². The summed E-state index contributed by atoms with van der Waals surface area (Å²) in [4.78, 5) is 4.80. The molecule has 1 aromatic heterocycles. The Morgan fingerprint density at radius 3 is 2.73 bits per heavy atom. The number of nitrogens with zero attached hydrogens (tertiary/aromatic N) is 4. The summed E-state index contributed by atoms with van der Waals surface area (Å²) < 4.78 is 2.01. The van der Waals surface area contributed by atoms with E-state index in [1.807, 2.05) is 18.5 Å². The fourth-order valence-corrected chi connectivity index (χ4v) is 3.80. The predicted molar refractivity (Wildman–Crippen MR) is 106 cm³/mol. The molecular weight excluding hydrogens is 324 g/mol. The molecule has 26 heavy (non-hydrogen) atoms. The minimum Gasteiger partial charge on any atom is -0.356 e. The van der Waals surface area contributed by atoms with Gasteiger partial charge >= 0.3 is 0 Å². The van der Waals surface area contributed by atoms with Crippen LogP contribution in [-0.2, 0) is 13.6 Å². The largest absolute Gasteiger partial charge is 0.356 e. The van der Waals surface area contributed by atoms with E-state index in [1.165, 1.54) is 57.8 Å². The maximum Gasteiger partial charge on any atom is 0.191 e. The number of allylic oxidation sites excluding steroid dienone is 1. The zero-order valence-corrected chi connectivity index (χ0v) is 16.4. The minimum atomic E-state index is 0.546. The Morgan fingerprint density at radius 2 is 2.04 bits per heavy atom. The van der Waals surface area contributed by atoms with Crippen LogP contribution in [0.15, 0.2) is 16.6 Å². The third-order valence-corrected chi connectivity index (χ3v) is 5.63. The molecule has 6 nitrogen and oxygen atoms in total. The lowest BCUT2D eigenvalue weighted by molar-refractivity contribution is 0.409. The molecule has 1 heterocycles. The highest BCUT2D eigenvalue weighted by Gasteiger charge is 2.15. The van der Waals surface area contributed by atoms with Crippen LogP contribution in [0.5, 0.6) is 0 Å². The highest BCUT2D eigenvalue weighted by atomic mass is 15.3. The smallest absolute Gasteiger partial charge is 0.191 e. The first-order valence-electron chi connectivity index (χ1n) is 10.3. The van der Waals surface area contributed by atoms with E-state index in [1.54, 1.807) is 5.57 Å². The molecule has 2 N–H and O–H groups in total. The molecule has 2 aliphatic rings. The molecule has 0 saturated heterocycles. The Hall–Kier alpha value is -1.85. The second kappa shape index (κ2) is 9.74. The van der Waals surface area contributed by atoms with Crippen molar-refractivity contribution in [1.29, 1.82) is 0 Å². The lowest BCUT2D eigenvalue weighted by Crippen LogP contribution is -2.44. The van der Waals surface area contributed by atoms with E-state index in [2.05, 4.69) is 26.9 Å². The van der Waals surface area contributed by atoms with E-state index in [4.69, 9.17) is 4.99 Å². The molecule has 0 radical (unpaired) electrons. The number of guanidine groups is 1. The van der Waals surface area contributed by atoms with E-state index in [9.17, 15) is 0 Å². The standard InChI is InChI=1S/C20H34N6/c1-16-24-25-19(26(16)2)15-22-20(23-18-11-7-4-8-12-18)21-14-13-17-9-5-3-6-10-17/h9,18H,3-8,10-15H2,1-2H3,(H2,21,22,23). The molecule has 6 heteroatoms. The first kappa shape index (κ1) is 18.9. The van der Waals surface area contributed by atoms with Crippen molar-refractivity contribution in [2.45, 2.75) is 83.7 Å². The molecule has 1 fully saturated rings. The third-order valence-electron chi connectivity index (χ3n) is 5.63. The summed E-state index contributed by atoms with van der Waals surface area (Å²) in [5.74, 6) is 2.75. The van der Waals surface area contributed by atoms with Crippen LogP contribution in [0.2, 0.25) is 0 Å². The number of rotatable bonds is 6. The number of nitrogens with one attached hydrogen (secondary N) is 2. The van der Waals surface area contributed by atoms with E-state index in [0.29, 0.717) is 12.6 Å². The van der Waals surface area contributed by atoms with Crippen molar-refractivity contribution in [3.8, 4) is 0 Å². The normalized spacial score (nSPS) is 19.3. The summed E-state index contributed by atoms with van der Waals surface area (Å²) >= 11 is 0. The van der Waals surface area contributed by atoms with Gasteiger partial charge in [-0.25, -0.2) is 4.99 Å². The first-order valence-corrected chi connectivity index (χ1v) is 10.3. The third kappa shape index (κ3) is 5.58. The second-order valence-electron chi connectivity index (χ2n) is 7.65. The van der Waals surface area contributed by atoms with Crippen LogP contribution in [-0.4, -0.2) is 33.3 Å². The maximum atomic E-state index is 4.80. The molecule has 2 aliphatic carbocycles. The summed E-state index contributed by atoms with van der Waals surface area (Å²) in [5.41, 5.74) is 1.60. The Labute approximate surface area is 157 Å². The van der Waals surface area contributed by atoms with Crippen LogP contribution in [0.4, 0.5) is 0 Å². The molecule has 0 spiro atoms. The molecule has 1 saturated carbocycles. The lowest BCUT2D eigenvalue weighted by Gasteiger charge is -2.25. The van der Waals surface area contributed by atoms with Gasteiger partial charge in [-0.15, -0.1) is 10.2 Å². The molecule has 144 valence electrons. The van der Waals surface area contributed by atoms with Gasteiger partial charge in [-0.1, -0.05) is 30.9 Å². The lowest BCUT2D eigenvalue weighted by atomic mass is 9.96. The Bertz CT molecular complexity index is 624. The van der Waals surface area contributed by atoms with Crippen molar-refractivity contribution in [2.24, 2.45) is 12.0 Å². The van der Waals surface area contributed by atoms with Crippen molar-refractivity contribution < 1.29 is 0 Å². The summed E-state index contributed by atoms with van der Waals surface area (Å²) in [5, 5.41) is 15.6. The van der Waals surface area contributed by atoms with Crippen molar-refractivity contribution in [2.75, 3.05) is 6.54 Å². The molecule has 3 rings (SSSR count). The predicted octanol–water partition coefficient (Wildman–Crippen LogP) is 3.38. The average Bonchev–Trinajstić information content (AvgIpc) is 2.99. The molecular formula is C20H34N6. The topological polar surface area (TPSA) is 67.1 Å². The molecule has 0 unspecified atom stereocenters. The zero-order chi connectivity index (χ0) is 18.2. The van der Waals surface area contributed by atoms with Crippen LogP contribution < -0.4 is 10.6 Å². The number of aryl methyl sites for hydroxylation is 1. The monoisotopic (exact) mass is 358 g/mol. The van der Waals surface area contributed by atoms with E-state index in [-0.39, 0.29) is 0 Å². The Balaban J connectivity index is 1.57.